The van der Waals surface area contributed by atoms with Crippen LogP contribution in [-0.2, 0) is 4.79 Å². The Bertz CT molecular complexity index is 493. The zero-order valence-electron chi connectivity index (χ0n) is 9.29. The quantitative estimate of drug-likeness (QED) is 0.821. The molecule has 2 rings (SSSR count). The van der Waals surface area contributed by atoms with Crippen molar-refractivity contribution in [1.82, 2.24) is 15.0 Å². The van der Waals surface area contributed by atoms with Crippen molar-refractivity contribution in [2.75, 3.05) is 18.5 Å². The van der Waals surface area contributed by atoms with Crippen LogP contribution >= 0.6 is 0 Å². The number of nitrogens with zero attached hydrogens (tertiary/aromatic N) is 3. The fourth-order valence-corrected chi connectivity index (χ4v) is 1.44. The highest BCUT2D eigenvalue weighted by Gasteiger charge is 2.08. The van der Waals surface area contributed by atoms with Gasteiger partial charge in [0.05, 0.1) is 0 Å². The molecule has 17 heavy (non-hydrogen) atoms. The third-order valence-corrected chi connectivity index (χ3v) is 2.28. The number of aromatic amines is 1. The van der Waals surface area contributed by atoms with Crippen LogP contribution in [0, 0.1) is 0 Å². The van der Waals surface area contributed by atoms with E-state index >= 15 is 0 Å². The summed E-state index contributed by atoms with van der Waals surface area (Å²) < 4.78 is 0. The highest BCUT2D eigenvalue weighted by molar-refractivity contribution is 5.72. The summed E-state index contributed by atoms with van der Waals surface area (Å²) in [5.41, 5.74) is 1.89. The first-order valence-electron chi connectivity index (χ1n) is 5.05. The Morgan fingerprint density at radius 3 is 2.65 bits per heavy atom. The number of carbonyl (C=O) groups is 1. The number of carboxylic acids is 1. The molecule has 0 spiro atoms. The van der Waals surface area contributed by atoms with Gasteiger partial charge in [0.2, 0.25) is 5.95 Å². The van der Waals surface area contributed by atoms with Crippen molar-refractivity contribution >= 4 is 11.9 Å². The van der Waals surface area contributed by atoms with E-state index < -0.39 is 5.97 Å². The van der Waals surface area contributed by atoms with E-state index in [0.717, 1.165) is 11.1 Å². The number of rotatable bonds is 4. The van der Waals surface area contributed by atoms with Gasteiger partial charge in [0.15, 0.2) is 0 Å². The lowest BCUT2D eigenvalue weighted by atomic mass is 10.2. The van der Waals surface area contributed by atoms with Gasteiger partial charge in [-0.3, -0.25) is 4.79 Å². The van der Waals surface area contributed by atoms with Gasteiger partial charge >= 0.3 is 5.97 Å². The Balaban J connectivity index is 2.15. The fraction of sp³-hybridized carbons (Fsp3) is 0.182. The summed E-state index contributed by atoms with van der Waals surface area (Å²) in [5.74, 6) is -0.516. The molecule has 0 aromatic carbocycles. The largest absolute Gasteiger partial charge is 0.480 e. The maximum Gasteiger partial charge on any atom is 0.323 e. The van der Waals surface area contributed by atoms with Gasteiger partial charge in [-0.1, -0.05) is 0 Å². The van der Waals surface area contributed by atoms with Crippen LogP contribution in [0.4, 0.5) is 5.95 Å². The molecule has 2 N–H and O–H groups in total. The van der Waals surface area contributed by atoms with E-state index in [1.54, 1.807) is 19.4 Å². The maximum absolute atomic E-state index is 10.5. The Morgan fingerprint density at radius 1 is 1.41 bits per heavy atom. The first-order chi connectivity index (χ1) is 8.16. The monoisotopic (exact) mass is 232 g/mol. The van der Waals surface area contributed by atoms with Crippen molar-refractivity contribution in [2.45, 2.75) is 0 Å². The van der Waals surface area contributed by atoms with Crippen LogP contribution in [-0.4, -0.2) is 39.6 Å². The Hall–Kier alpha value is -2.37. The molecule has 0 radical (unpaired) electrons. The predicted octanol–water partition coefficient (Wildman–Crippen LogP) is 0.992. The number of hydrogen-bond acceptors (Lipinski definition) is 4. The van der Waals surface area contributed by atoms with E-state index in [1.807, 2.05) is 18.5 Å². The highest BCUT2D eigenvalue weighted by Crippen LogP contribution is 2.17. The van der Waals surface area contributed by atoms with E-state index in [-0.39, 0.29) is 6.54 Å². The molecule has 6 nitrogen and oxygen atoms in total. The summed E-state index contributed by atoms with van der Waals surface area (Å²) in [6.45, 7) is -0.122. The molecule has 2 aromatic heterocycles. The molecule has 0 saturated carbocycles. The molecule has 0 aliphatic carbocycles. The van der Waals surface area contributed by atoms with Gasteiger partial charge in [-0.05, 0) is 6.07 Å². The van der Waals surface area contributed by atoms with Crippen LogP contribution in [0.2, 0.25) is 0 Å². The fourth-order valence-electron chi connectivity index (χ4n) is 1.44. The molecule has 0 aliphatic heterocycles. The van der Waals surface area contributed by atoms with Crippen LogP contribution in [0.3, 0.4) is 0 Å². The number of hydrogen-bond donors (Lipinski definition) is 2. The first-order valence-corrected chi connectivity index (χ1v) is 5.05. The lowest BCUT2D eigenvalue weighted by Gasteiger charge is -2.13. The van der Waals surface area contributed by atoms with Crippen LogP contribution in [0.5, 0.6) is 0 Å². The smallest absolute Gasteiger partial charge is 0.323 e. The van der Waals surface area contributed by atoms with E-state index in [9.17, 15) is 4.79 Å². The zero-order chi connectivity index (χ0) is 12.3. The van der Waals surface area contributed by atoms with Crippen molar-refractivity contribution < 1.29 is 9.90 Å². The number of H-pyrrole nitrogens is 1. The number of nitrogens with one attached hydrogen (secondary N) is 1. The van der Waals surface area contributed by atoms with Crippen LogP contribution in [0.15, 0.2) is 30.9 Å². The van der Waals surface area contributed by atoms with Gasteiger partial charge in [0, 0.05) is 43.0 Å². The van der Waals surface area contributed by atoms with Crippen LogP contribution in [0.1, 0.15) is 0 Å². The Morgan fingerprint density at radius 2 is 2.12 bits per heavy atom. The van der Waals surface area contributed by atoms with E-state index in [2.05, 4.69) is 15.0 Å². The number of aromatic nitrogens is 3. The summed E-state index contributed by atoms with van der Waals surface area (Å²) >= 11 is 0. The molecule has 0 saturated heterocycles. The van der Waals surface area contributed by atoms with Crippen LogP contribution < -0.4 is 4.90 Å². The van der Waals surface area contributed by atoms with Crippen molar-refractivity contribution in [1.29, 1.82) is 0 Å². The summed E-state index contributed by atoms with van der Waals surface area (Å²) in [6, 6.07) is 1.92. The molecule has 2 heterocycles. The summed E-state index contributed by atoms with van der Waals surface area (Å²) in [6.07, 6.45) is 7.01. The summed E-state index contributed by atoms with van der Waals surface area (Å²) in [5, 5.41) is 8.65. The minimum atomic E-state index is -0.911. The first kappa shape index (κ1) is 11.1. The number of carboxylic acid groups (broad SMARTS) is 1. The van der Waals surface area contributed by atoms with Crippen molar-refractivity contribution in [3.8, 4) is 11.1 Å². The van der Waals surface area contributed by atoms with Gasteiger partial charge < -0.3 is 15.0 Å². The predicted molar refractivity (Wildman–Crippen MR) is 62.7 cm³/mol. The lowest BCUT2D eigenvalue weighted by molar-refractivity contribution is -0.135. The zero-order valence-corrected chi connectivity index (χ0v) is 9.29. The van der Waals surface area contributed by atoms with Crippen molar-refractivity contribution in [3.63, 3.8) is 0 Å². The molecule has 88 valence electrons. The SMILES string of the molecule is CN(CC(=O)O)c1ncc(-c2cc[nH]c2)cn1. The number of likely N-dealkylation sites (N-methyl/N-ethyl adjacent to an activating group) is 1. The second kappa shape index (κ2) is 4.65. The topological polar surface area (TPSA) is 82.1 Å². The summed E-state index contributed by atoms with van der Waals surface area (Å²) in [4.78, 5) is 23.2. The van der Waals surface area contributed by atoms with Crippen molar-refractivity contribution in [3.05, 3.63) is 30.9 Å². The standard InChI is InChI=1S/C11H12N4O2/c1-15(7-10(16)17)11-13-5-9(6-14-11)8-2-3-12-4-8/h2-6,12H,7H2,1H3,(H,16,17). The third kappa shape index (κ3) is 2.60. The average molecular weight is 232 g/mol. The molecule has 0 aliphatic rings. The van der Waals surface area contributed by atoms with Gasteiger partial charge in [-0.2, -0.15) is 0 Å². The Kier molecular flexibility index (Phi) is 3.04. The van der Waals surface area contributed by atoms with E-state index in [0.29, 0.717) is 5.95 Å². The Labute approximate surface area is 97.9 Å². The van der Waals surface area contributed by atoms with Crippen LogP contribution in [0.25, 0.3) is 11.1 Å². The number of aliphatic carboxylic acids is 1. The molecule has 0 atom stereocenters. The van der Waals surface area contributed by atoms with Gasteiger partial charge in [-0.15, -0.1) is 0 Å². The lowest BCUT2D eigenvalue weighted by Crippen LogP contribution is -2.26. The molecule has 0 bridgehead atoms. The molecular formula is C11H12N4O2. The van der Waals surface area contributed by atoms with E-state index in [4.69, 9.17) is 5.11 Å². The molecule has 6 heteroatoms. The third-order valence-electron chi connectivity index (χ3n) is 2.28. The molecule has 2 aromatic rings. The minimum absolute atomic E-state index is 0.122. The van der Waals surface area contributed by atoms with Gasteiger partial charge in [0.25, 0.3) is 0 Å². The minimum Gasteiger partial charge on any atom is -0.480 e. The van der Waals surface area contributed by atoms with E-state index in [1.165, 1.54) is 4.90 Å². The molecule has 0 fully saturated rings. The highest BCUT2D eigenvalue weighted by atomic mass is 16.4. The van der Waals surface area contributed by atoms with Gasteiger partial charge in [-0.25, -0.2) is 9.97 Å². The number of anilines is 1. The molecular weight excluding hydrogens is 220 g/mol. The molecule has 0 unspecified atom stereocenters. The normalized spacial score (nSPS) is 10.2. The average Bonchev–Trinajstić information content (AvgIpc) is 2.82. The van der Waals surface area contributed by atoms with Crippen molar-refractivity contribution in [2.24, 2.45) is 0 Å². The van der Waals surface area contributed by atoms with Gasteiger partial charge in [0.1, 0.15) is 6.54 Å². The second-order valence-electron chi connectivity index (χ2n) is 3.62. The second-order valence-corrected chi connectivity index (χ2v) is 3.62. The molecule has 0 amide bonds. The maximum atomic E-state index is 10.5. The summed E-state index contributed by atoms with van der Waals surface area (Å²) in [7, 11) is 1.64.